The quantitative estimate of drug-likeness (QED) is 0.673. The van der Waals surface area contributed by atoms with Crippen LogP contribution in [0, 0.1) is 0 Å². The summed E-state index contributed by atoms with van der Waals surface area (Å²) in [5, 5.41) is 6.98. The monoisotopic (exact) mass is 400 g/mol. The molecule has 146 valence electrons. The van der Waals surface area contributed by atoms with Crippen LogP contribution in [0.5, 0.6) is 0 Å². The van der Waals surface area contributed by atoms with Gasteiger partial charge in [0.2, 0.25) is 5.95 Å². The SMILES string of the molecule is CCCn1c(=O)c2c(nc3n2CC(C)=NN3Cc2ccccc2Cl)n(C)c1=O. The third-order valence-electron chi connectivity index (χ3n) is 4.85. The van der Waals surface area contributed by atoms with Gasteiger partial charge in [0.05, 0.1) is 18.8 Å². The molecule has 9 heteroatoms. The smallest absolute Gasteiger partial charge is 0.297 e. The molecule has 8 nitrogen and oxygen atoms in total. The van der Waals surface area contributed by atoms with E-state index in [9.17, 15) is 9.59 Å². The molecule has 0 fully saturated rings. The summed E-state index contributed by atoms with van der Waals surface area (Å²) in [5.74, 6) is 0.530. The highest BCUT2D eigenvalue weighted by Crippen LogP contribution is 2.27. The molecule has 0 unspecified atom stereocenters. The number of benzene rings is 1. The van der Waals surface area contributed by atoms with E-state index in [4.69, 9.17) is 11.6 Å². The number of nitrogens with zero attached hydrogens (tertiary/aromatic N) is 6. The van der Waals surface area contributed by atoms with Crippen LogP contribution in [0.15, 0.2) is 39.0 Å². The maximum Gasteiger partial charge on any atom is 0.332 e. The van der Waals surface area contributed by atoms with Crippen molar-refractivity contribution >= 4 is 34.4 Å². The summed E-state index contributed by atoms with van der Waals surface area (Å²) in [7, 11) is 1.64. The summed E-state index contributed by atoms with van der Waals surface area (Å²) in [6.07, 6.45) is 0.695. The van der Waals surface area contributed by atoms with Crippen molar-refractivity contribution < 1.29 is 0 Å². The number of aryl methyl sites for hydroxylation is 1. The van der Waals surface area contributed by atoms with Crippen LogP contribution in [-0.4, -0.2) is 24.4 Å². The number of fused-ring (bicyclic) bond motifs is 3. The van der Waals surface area contributed by atoms with Crippen molar-refractivity contribution in [3.63, 3.8) is 0 Å². The molecule has 0 saturated carbocycles. The standard InChI is InChI=1S/C19H21ClN6O2/c1-4-9-24-17(27)15-16(23(3)19(24)28)21-18-25(15)10-12(2)22-26(18)11-13-7-5-6-8-14(13)20/h5-8H,4,9-11H2,1-3H3. The zero-order chi connectivity index (χ0) is 20.0. The predicted octanol–water partition coefficient (Wildman–Crippen LogP) is 2.36. The van der Waals surface area contributed by atoms with Crippen molar-refractivity contribution in [1.29, 1.82) is 0 Å². The Bertz CT molecular complexity index is 1220. The van der Waals surface area contributed by atoms with Crippen LogP contribution in [0.4, 0.5) is 5.95 Å². The summed E-state index contributed by atoms with van der Waals surface area (Å²) in [6, 6.07) is 7.54. The molecule has 1 aliphatic rings. The summed E-state index contributed by atoms with van der Waals surface area (Å²) in [5.41, 5.74) is 1.86. The molecule has 1 aromatic carbocycles. The van der Waals surface area contributed by atoms with Gasteiger partial charge < -0.3 is 0 Å². The second-order valence-corrected chi connectivity index (χ2v) is 7.36. The Kier molecular flexibility index (Phi) is 4.58. The Hall–Kier alpha value is -2.87. The Balaban J connectivity index is 1.93. The molecule has 28 heavy (non-hydrogen) atoms. The third-order valence-corrected chi connectivity index (χ3v) is 5.22. The molecule has 1 aliphatic heterocycles. The lowest BCUT2D eigenvalue weighted by Crippen LogP contribution is -2.40. The molecular formula is C19H21ClN6O2. The van der Waals surface area contributed by atoms with E-state index >= 15 is 0 Å². The molecule has 3 aromatic rings. The molecule has 0 N–H and O–H groups in total. The molecule has 4 rings (SSSR count). The van der Waals surface area contributed by atoms with Crippen LogP contribution < -0.4 is 16.3 Å². The second kappa shape index (κ2) is 6.94. The topological polar surface area (TPSA) is 77.4 Å². The molecule has 0 amide bonds. The average molecular weight is 401 g/mol. The number of hydrogen-bond donors (Lipinski definition) is 0. The van der Waals surface area contributed by atoms with E-state index in [1.807, 2.05) is 42.7 Å². The highest BCUT2D eigenvalue weighted by molar-refractivity contribution is 6.31. The van der Waals surface area contributed by atoms with E-state index in [0.717, 1.165) is 11.3 Å². The molecule has 3 heterocycles. The van der Waals surface area contributed by atoms with Crippen LogP contribution in [0.25, 0.3) is 11.2 Å². The largest absolute Gasteiger partial charge is 0.332 e. The van der Waals surface area contributed by atoms with Gasteiger partial charge in [0.25, 0.3) is 5.56 Å². The van der Waals surface area contributed by atoms with Gasteiger partial charge >= 0.3 is 5.69 Å². The van der Waals surface area contributed by atoms with Gasteiger partial charge in [-0.05, 0) is 25.0 Å². The minimum absolute atomic E-state index is 0.314. The summed E-state index contributed by atoms with van der Waals surface area (Å²) in [4.78, 5) is 30.3. The van der Waals surface area contributed by atoms with Crippen LogP contribution in [0.3, 0.4) is 0 Å². The average Bonchev–Trinajstić information content (AvgIpc) is 3.05. The van der Waals surface area contributed by atoms with Crippen LogP contribution in [0.2, 0.25) is 5.02 Å². The van der Waals surface area contributed by atoms with E-state index in [2.05, 4.69) is 10.1 Å². The fourth-order valence-corrected chi connectivity index (χ4v) is 3.73. The van der Waals surface area contributed by atoms with Gasteiger partial charge in [-0.3, -0.25) is 18.5 Å². The van der Waals surface area contributed by atoms with E-state index in [-0.39, 0.29) is 11.2 Å². The van der Waals surface area contributed by atoms with Crippen molar-refractivity contribution in [2.24, 2.45) is 12.1 Å². The lowest BCUT2D eigenvalue weighted by atomic mass is 10.2. The fraction of sp³-hybridized carbons (Fsp3) is 0.368. The van der Waals surface area contributed by atoms with E-state index < -0.39 is 0 Å². The van der Waals surface area contributed by atoms with Gasteiger partial charge in [-0.25, -0.2) is 9.80 Å². The fourth-order valence-electron chi connectivity index (χ4n) is 3.53. The molecule has 0 radical (unpaired) electrons. The Morgan fingerprint density at radius 2 is 1.96 bits per heavy atom. The van der Waals surface area contributed by atoms with Gasteiger partial charge in [-0.15, -0.1) is 0 Å². The number of halogens is 1. The molecule has 2 aromatic heterocycles. The number of hydrogen-bond acceptors (Lipinski definition) is 5. The zero-order valence-corrected chi connectivity index (χ0v) is 16.8. The van der Waals surface area contributed by atoms with Crippen molar-refractivity contribution in [3.05, 3.63) is 55.7 Å². The predicted molar refractivity (Wildman–Crippen MR) is 110 cm³/mol. The summed E-state index contributed by atoms with van der Waals surface area (Å²) >= 11 is 6.31. The minimum Gasteiger partial charge on any atom is -0.297 e. The van der Waals surface area contributed by atoms with Crippen molar-refractivity contribution in [2.75, 3.05) is 5.01 Å². The van der Waals surface area contributed by atoms with Crippen LogP contribution in [-0.2, 0) is 26.7 Å². The summed E-state index contributed by atoms with van der Waals surface area (Å²) in [6.45, 7) is 5.07. The first kappa shape index (κ1) is 18.5. The number of hydrazone groups is 1. The number of anilines is 1. The van der Waals surface area contributed by atoms with Crippen molar-refractivity contribution in [2.45, 2.75) is 39.9 Å². The molecule has 0 saturated heterocycles. The molecular weight excluding hydrogens is 380 g/mol. The van der Waals surface area contributed by atoms with Crippen molar-refractivity contribution in [3.8, 4) is 0 Å². The first-order valence-corrected chi connectivity index (χ1v) is 9.55. The second-order valence-electron chi connectivity index (χ2n) is 6.95. The van der Waals surface area contributed by atoms with Crippen LogP contribution >= 0.6 is 11.6 Å². The normalized spacial score (nSPS) is 13.7. The van der Waals surface area contributed by atoms with Gasteiger partial charge in [0.15, 0.2) is 11.2 Å². The van der Waals surface area contributed by atoms with Gasteiger partial charge in [-0.2, -0.15) is 10.1 Å². The number of imidazole rings is 1. The van der Waals surface area contributed by atoms with Gasteiger partial charge in [0.1, 0.15) is 0 Å². The molecule has 0 bridgehead atoms. The van der Waals surface area contributed by atoms with Crippen LogP contribution in [0.1, 0.15) is 25.8 Å². The van der Waals surface area contributed by atoms with Gasteiger partial charge in [-0.1, -0.05) is 36.7 Å². The Labute approximate surface area is 166 Å². The Morgan fingerprint density at radius 3 is 2.68 bits per heavy atom. The van der Waals surface area contributed by atoms with E-state index in [1.165, 1.54) is 9.13 Å². The molecule has 0 atom stereocenters. The maximum atomic E-state index is 13.1. The lowest BCUT2D eigenvalue weighted by molar-refractivity contribution is 0.590. The highest BCUT2D eigenvalue weighted by Gasteiger charge is 2.26. The minimum atomic E-state index is -0.356. The number of aromatic nitrogens is 4. The molecule has 0 spiro atoms. The lowest BCUT2D eigenvalue weighted by Gasteiger charge is -2.25. The van der Waals surface area contributed by atoms with Gasteiger partial charge in [0, 0.05) is 18.6 Å². The first-order chi connectivity index (χ1) is 13.4. The Morgan fingerprint density at radius 1 is 1.21 bits per heavy atom. The van der Waals surface area contributed by atoms with E-state index in [1.54, 1.807) is 12.1 Å². The third kappa shape index (κ3) is 2.84. The maximum absolute atomic E-state index is 13.1. The number of rotatable bonds is 4. The van der Waals surface area contributed by atoms with Crippen molar-refractivity contribution in [1.82, 2.24) is 18.7 Å². The van der Waals surface area contributed by atoms with E-state index in [0.29, 0.717) is 48.2 Å². The molecule has 0 aliphatic carbocycles. The highest BCUT2D eigenvalue weighted by atomic mass is 35.5. The summed E-state index contributed by atoms with van der Waals surface area (Å²) < 4.78 is 4.54. The first-order valence-electron chi connectivity index (χ1n) is 9.17. The zero-order valence-electron chi connectivity index (χ0n) is 16.0.